The molecule has 0 amide bonds. The van der Waals surface area contributed by atoms with Crippen LogP contribution >= 0.6 is 0 Å². The van der Waals surface area contributed by atoms with Crippen molar-refractivity contribution in [3.63, 3.8) is 0 Å². The Balaban J connectivity index is 2.21. The van der Waals surface area contributed by atoms with Gasteiger partial charge in [-0.15, -0.1) is 0 Å². The van der Waals surface area contributed by atoms with Crippen LogP contribution in [-0.4, -0.2) is 38.4 Å². The summed E-state index contributed by atoms with van der Waals surface area (Å²) in [7, 11) is 0. The summed E-state index contributed by atoms with van der Waals surface area (Å²) in [4.78, 5) is 0. The SMILES string of the molecule is NCCC(N)C1CNCCO1. The molecule has 0 radical (unpaired) electrons. The Morgan fingerprint density at radius 2 is 2.45 bits per heavy atom. The molecule has 1 aliphatic rings. The van der Waals surface area contributed by atoms with E-state index in [4.69, 9.17) is 16.2 Å². The van der Waals surface area contributed by atoms with E-state index in [9.17, 15) is 0 Å². The van der Waals surface area contributed by atoms with Gasteiger partial charge in [0.05, 0.1) is 12.7 Å². The monoisotopic (exact) mass is 159 g/mol. The Bertz CT molecular complexity index is 104. The van der Waals surface area contributed by atoms with Crippen molar-refractivity contribution in [2.24, 2.45) is 11.5 Å². The summed E-state index contributed by atoms with van der Waals surface area (Å²) in [6.45, 7) is 3.21. The Morgan fingerprint density at radius 3 is 3.00 bits per heavy atom. The summed E-state index contributed by atoms with van der Waals surface area (Å²) >= 11 is 0. The van der Waals surface area contributed by atoms with Gasteiger partial charge in [-0.05, 0) is 13.0 Å². The fourth-order valence-electron chi connectivity index (χ4n) is 1.24. The molecule has 0 saturated carbocycles. The van der Waals surface area contributed by atoms with Gasteiger partial charge in [0, 0.05) is 19.1 Å². The molecular weight excluding hydrogens is 142 g/mol. The van der Waals surface area contributed by atoms with Crippen LogP contribution in [0.2, 0.25) is 0 Å². The number of rotatable bonds is 3. The lowest BCUT2D eigenvalue weighted by Crippen LogP contribution is -2.49. The lowest BCUT2D eigenvalue weighted by Gasteiger charge is -2.28. The minimum atomic E-state index is 0.0906. The number of nitrogens with two attached hydrogens (primary N) is 2. The van der Waals surface area contributed by atoms with Crippen LogP contribution in [0.15, 0.2) is 0 Å². The maximum absolute atomic E-state index is 5.81. The van der Waals surface area contributed by atoms with E-state index in [2.05, 4.69) is 5.32 Å². The first-order chi connectivity index (χ1) is 5.34. The maximum Gasteiger partial charge on any atom is 0.0851 e. The van der Waals surface area contributed by atoms with E-state index in [1.165, 1.54) is 0 Å². The van der Waals surface area contributed by atoms with Gasteiger partial charge in [-0.25, -0.2) is 0 Å². The molecule has 0 aliphatic carbocycles. The van der Waals surface area contributed by atoms with E-state index in [0.29, 0.717) is 6.54 Å². The largest absolute Gasteiger partial charge is 0.374 e. The minimum Gasteiger partial charge on any atom is -0.374 e. The predicted octanol–water partition coefficient (Wildman–Crippen LogP) is -1.35. The van der Waals surface area contributed by atoms with Gasteiger partial charge in [-0.1, -0.05) is 0 Å². The quantitative estimate of drug-likeness (QED) is 0.476. The molecule has 11 heavy (non-hydrogen) atoms. The smallest absolute Gasteiger partial charge is 0.0851 e. The fraction of sp³-hybridized carbons (Fsp3) is 1.00. The van der Waals surface area contributed by atoms with Gasteiger partial charge in [0.15, 0.2) is 0 Å². The molecular formula is C7H17N3O. The Morgan fingerprint density at radius 1 is 1.64 bits per heavy atom. The second-order valence-electron chi connectivity index (χ2n) is 2.85. The van der Waals surface area contributed by atoms with E-state index in [1.54, 1.807) is 0 Å². The van der Waals surface area contributed by atoms with E-state index in [0.717, 1.165) is 26.1 Å². The van der Waals surface area contributed by atoms with Gasteiger partial charge in [-0.2, -0.15) is 0 Å². The molecule has 0 aromatic heterocycles. The zero-order chi connectivity index (χ0) is 8.10. The molecule has 0 aromatic rings. The van der Waals surface area contributed by atoms with Crippen LogP contribution in [0.25, 0.3) is 0 Å². The molecule has 66 valence electrons. The highest BCUT2D eigenvalue weighted by Gasteiger charge is 2.19. The van der Waals surface area contributed by atoms with Crippen molar-refractivity contribution in [3.8, 4) is 0 Å². The third-order valence-electron chi connectivity index (χ3n) is 1.93. The van der Waals surface area contributed by atoms with E-state index < -0.39 is 0 Å². The number of nitrogens with one attached hydrogen (secondary N) is 1. The highest BCUT2D eigenvalue weighted by molar-refractivity contribution is 4.78. The Labute approximate surface area is 67.3 Å². The topological polar surface area (TPSA) is 73.3 Å². The Hall–Kier alpha value is -0.160. The van der Waals surface area contributed by atoms with Crippen LogP contribution in [0.1, 0.15) is 6.42 Å². The average molecular weight is 159 g/mol. The number of hydrogen-bond acceptors (Lipinski definition) is 4. The van der Waals surface area contributed by atoms with Crippen molar-refractivity contribution in [1.82, 2.24) is 5.32 Å². The number of ether oxygens (including phenoxy) is 1. The van der Waals surface area contributed by atoms with Crippen molar-refractivity contribution in [1.29, 1.82) is 0 Å². The lowest BCUT2D eigenvalue weighted by atomic mass is 10.1. The summed E-state index contributed by atoms with van der Waals surface area (Å²) in [6.07, 6.45) is 0.999. The van der Waals surface area contributed by atoms with Crippen LogP contribution in [-0.2, 0) is 4.74 Å². The van der Waals surface area contributed by atoms with E-state index in [-0.39, 0.29) is 12.1 Å². The molecule has 4 nitrogen and oxygen atoms in total. The summed E-state index contributed by atoms with van der Waals surface area (Å²) < 4.78 is 5.45. The number of hydrogen-bond donors (Lipinski definition) is 3. The number of morpholine rings is 1. The van der Waals surface area contributed by atoms with Crippen molar-refractivity contribution in [3.05, 3.63) is 0 Å². The molecule has 2 unspecified atom stereocenters. The van der Waals surface area contributed by atoms with Crippen molar-refractivity contribution in [2.75, 3.05) is 26.2 Å². The first-order valence-electron chi connectivity index (χ1n) is 4.12. The van der Waals surface area contributed by atoms with Gasteiger partial charge in [-0.3, -0.25) is 0 Å². The van der Waals surface area contributed by atoms with Crippen molar-refractivity contribution in [2.45, 2.75) is 18.6 Å². The normalized spacial score (nSPS) is 28.4. The minimum absolute atomic E-state index is 0.0906. The molecule has 4 heteroatoms. The van der Waals surface area contributed by atoms with Gasteiger partial charge < -0.3 is 21.5 Å². The fourth-order valence-corrected chi connectivity index (χ4v) is 1.24. The highest BCUT2D eigenvalue weighted by Crippen LogP contribution is 2.02. The highest BCUT2D eigenvalue weighted by atomic mass is 16.5. The zero-order valence-corrected chi connectivity index (χ0v) is 6.75. The first-order valence-corrected chi connectivity index (χ1v) is 4.12. The lowest BCUT2D eigenvalue weighted by molar-refractivity contribution is 0.0115. The predicted molar refractivity (Wildman–Crippen MR) is 44.3 cm³/mol. The van der Waals surface area contributed by atoms with Gasteiger partial charge in [0.1, 0.15) is 0 Å². The molecule has 1 aliphatic heterocycles. The summed E-state index contributed by atoms with van der Waals surface area (Å²) in [6, 6.07) is 0.0906. The van der Waals surface area contributed by atoms with Crippen molar-refractivity contribution >= 4 is 0 Å². The maximum atomic E-state index is 5.81. The molecule has 1 saturated heterocycles. The van der Waals surface area contributed by atoms with Crippen LogP contribution in [0, 0.1) is 0 Å². The van der Waals surface area contributed by atoms with Crippen LogP contribution in [0.5, 0.6) is 0 Å². The summed E-state index contributed by atoms with van der Waals surface area (Å²) in [5, 5.41) is 3.23. The molecule has 2 atom stereocenters. The summed E-state index contributed by atoms with van der Waals surface area (Å²) in [5.74, 6) is 0. The molecule has 1 fully saturated rings. The van der Waals surface area contributed by atoms with Crippen LogP contribution in [0.4, 0.5) is 0 Å². The van der Waals surface area contributed by atoms with E-state index >= 15 is 0 Å². The van der Waals surface area contributed by atoms with Crippen LogP contribution in [0.3, 0.4) is 0 Å². The standard InChI is InChI=1S/C7H17N3O/c8-2-1-6(9)7-5-10-3-4-11-7/h6-7,10H,1-5,8-9H2. The third-order valence-corrected chi connectivity index (χ3v) is 1.93. The molecule has 0 bridgehead atoms. The zero-order valence-electron chi connectivity index (χ0n) is 6.75. The van der Waals surface area contributed by atoms with Crippen molar-refractivity contribution < 1.29 is 4.74 Å². The first kappa shape index (κ1) is 8.93. The second-order valence-corrected chi connectivity index (χ2v) is 2.85. The average Bonchev–Trinajstić information content (AvgIpc) is 2.07. The van der Waals surface area contributed by atoms with Crippen LogP contribution < -0.4 is 16.8 Å². The third kappa shape index (κ3) is 2.75. The molecule has 0 spiro atoms. The molecule has 1 rings (SSSR count). The second kappa shape index (κ2) is 4.66. The van der Waals surface area contributed by atoms with Gasteiger partial charge in [0.25, 0.3) is 0 Å². The summed E-state index contributed by atoms with van der Waals surface area (Å²) in [5.41, 5.74) is 11.2. The molecule has 5 N–H and O–H groups in total. The van der Waals surface area contributed by atoms with E-state index in [1.807, 2.05) is 0 Å². The molecule has 1 heterocycles. The Kier molecular flexibility index (Phi) is 3.79. The van der Waals surface area contributed by atoms with Gasteiger partial charge in [0.2, 0.25) is 0 Å². The van der Waals surface area contributed by atoms with Gasteiger partial charge >= 0.3 is 0 Å². The molecule has 0 aromatic carbocycles.